The Balaban J connectivity index is 2.63. The summed E-state index contributed by atoms with van der Waals surface area (Å²) in [5.41, 5.74) is 1.23. The van der Waals surface area contributed by atoms with Crippen molar-refractivity contribution in [2.45, 2.75) is 50.1 Å². The zero-order valence-corrected chi connectivity index (χ0v) is 11.6. The molecule has 1 heterocycles. The molecule has 17 heavy (non-hydrogen) atoms. The number of rotatable bonds is 7. The molecule has 0 aliphatic carbocycles. The van der Waals surface area contributed by atoms with E-state index in [2.05, 4.69) is 37.1 Å². The van der Waals surface area contributed by atoms with Crippen LogP contribution in [0.2, 0.25) is 0 Å². The van der Waals surface area contributed by atoms with E-state index in [0.29, 0.717) is 11.3 Å². The smallest absolute Gasteiger partial charge is 0.101 e. The predicted octanol–water partition coefficient (Wildman–Crippen LogP) is 2.44. The molecule has 0 fully saturated rings. The van der Waals surface area contributed by atoms with Crippen molar-refractivity contribution in [3.63, 3.8) is 0 Å². The Morgan fingerprint density at radius 2 is 2.18 bits per heavy atom. The summed E-state index contributed by atoms with van der Waals surface area (Å²) in [6.45, 7) is 7.48. The Morgan fingerprint density at radius 1 is 1.41 bits per heavy atom. The van der Waals surface area contributed by atoms with E-state index in [1.165, 1.54) is 5.56 Å². The first kappa shape index (κ1) is 14.5. The van der Waals surface area contributed by atoms with Crippen LogP contribution in [-0.4, -0.2) is 28.0 Å². The van der Waals surface area contributed by atoms with Crippen molar-refractivity contribution in [3.05, 3.63) is 23.9 Å². The molecule has 1 unspecified atom stereocenters. The molecule has 1 aromatic rings. The third-order valence-corrected chi connectivity index (χ3v) is 3.63. The third-order valence-electron chi connectivity index (χ3n) is 2.40. The average molecular weight is 254 g/mol. The molecule has 96 valence electrons. The number of nitrogens with one attached hydrogen (secondary N) is 1. The second-order valence-corrected chi connectivity index (χ2v) is 5.87. The summed E-state index contributed by atoms with van der Waals surface area (Å²) in [5, 5.41) is 13.8. The summed E-state index contributed by atoms with van der Waals surface area (Å²) in [4.78, 5) is 4.42. The summed E-state index contributed by atoms with van der Waals surface area (Å²) in [7, 11) is 0. The van der Waals surface area contributed by atoms with Crippen LogP contribution < -0.4 is 5.32 Å². The van der Waals surface area contributed by atoms with Crippen molar-refractivity contribution in [2.75, 3.05) is 6.61 Å². The summed E-state index contributed by atoms with van der Waals surface area (Å²) >= 11 is 1.74. The largest absolute Gasteiger partial charge is 0.396 e. The molecule has 0 aliphatic heterocycles. The topological polar surface area (TPSA) is 45.2 Å². The van der Waals surface area contributed by atoms with Gasteiger partial charge in [0, 0.05) is 30.6 Å². The van der Waals surface area contributed by atoms with Crippen molar-refractivity contribution in [1.29, 1.82) is 0 Å². The van der Waals surface area contributed by atoms with Gasteiger partial charge in [-0.1, -0.05) is 26.8 Å². The van der Waals surface area contributed by atoms with Crippen LogP contribution in [0.3, 0.4) is 0 Å². The van der Waals surface area contributed by atoms with Gasteiger partial charge in [-0.3, -0.25) is 0 Å². The number of pyridine rings is 1. The fourth-order valence-corrected chi connectivity index (χ4v) is 2.43. The van der Waals surface area contributed by atoms with Crippen molar-refractivity contribution in [1.82, 2.24) is 10.3 Å². The van der Waals surface area contributed by atoms with Crippen LogP contribution in [0.5, 0.6) is 0 Å². The highest BCUT2D eigenvalue weighted by Gasteiger charge is 2.09. The Kier molecular flexibility index (Phi) is 6.55. The lowest BCUT2D eigenvalue weighted by Crippen LogP contribution is -2.22. The summed E-state index contributed by atoms with van der Waals surface area (Å²) in [6.07, 6.45) is 2.63. The van der Waals surface area contributed by atoms with Gasteiger partial charge in [0.2, 0.25) is 0 Å². The van der Waals surface area contributed by atoms with Gasteiger partial charge in [-0.15, -0.1) is 11.8 Å². The van der Waals surface area contributed by atoms with E-state index < -0.39 is 0 Å². The quantitative estimate of drug-likeness (QED) is 0.734. The monoisotopic (exact) mass is 254 g/mol. The third kappa shape index (κ3) is 5.52. The predicted molar refractivity (Wildman–Crippen MR) is 73.2 cm³/mol. The van der Waals surface area contributed by atoms with Gasteiger partial charge in [-0.05, 0) is 18.1 Å². The summed E-state index contributed by atoms with van der Waals surface area (Å²) in [5.74, 6) is 0. The number of nitrogens with zero attached hydrogens (tertiary/aromatic N) is 1. The van der Waals surface area contributed by atoms with E-state index in [-0.39, 0.29) is 6.61 Å². The zero-order chi connectivity index (χ0) is 12.7. The average Bonchev–Trinajstić information content (AvgIpc) is 2.28. The van der Waals surface area contributed by atoms with Crippen molar-refractivity contribution < 1.29 is 5.11 Å². The minimum atomic E-state index is 0.237. The van der Waals surface area contributed by atoms with Gasteiger partial charge >= 0.3 is 0 Å². The van der Waals surface area contributed by atoms with E-state index in [1.807, 2.05) is 12.3 Å². The van der Waals surface area contributed by atoms with Crippen LogP contribution in [0.25, 0.3) is 0 Å². The SMILES string of the molecule is CC(C)NCc1cccnc1SC(C)CCO. The lowest BCUT2D eigenvalue weighted by molar-refractivity contribution is 0.289. The molecule has 0 aliphatic rings. The van der Waals surface area contributed by atoms with Gasteiger partial charge in [-0.25, -0.2) is 4.98 Å². The first-order chi connectivity index (χ1) is 8.13. The van der Waals surface area contributed by atoms with Crippen LogP contribution in [-0.2, 0) is 6.54 Å². The molecule has 0 bridgehead atoms. The Hall–Kier alpha value is -0.580. The van der Waals surface area contributed by atoms with E-state index in [4.69, 9.17) is 5.11 Å². The highest BCUT2D eigenvalue weighted by atomic mass is 32.2. The molecule has 4 heteroatoms. The maximum Gasteiger partial charge on any atom is 0.101 e. The normalized spacial score (nSPS) is 13.0. The fourth-order valence-electron chi connectivity index (χ4n) is 1.41. The van der Waals surface area contributed by atoms with Gasteiger partial charge in [-0.2, -0.15) is 0 Å². The molecule has 0 saturated heterocycles. The van der Waals surface area contributed by atoms with Crippen LogP contribution in [0, 0.1) is 0 Å². The Labute approximate surface area is 108 Å². The first-order valence-corrected chi connectivity index (χ1v) is 6.96. The standard InChI is InChI=1S/C13H22N2OS/c1-10(2)15-9-12-5-4-7-14-13(12)17-11(3)6-8-16/h4-5,7,10-11,15-16H,6,8-9H2,1-3H3. The van der Waals surface area contributed by atoms with Crippen molar-refractivity contribution >= 4 is 11.8 Å². The minimum absolute atomic E-state index is 0.237. The Morgan fingerprint density at radius 3 is 2.82 bits per heavy atom. The lowest BCUT2D eigenvalue weighted by atomic mass is 10.2. The van der Waals surface area contributed by atoms with E-state index >= 15 is 0 Å². The van der Waals surface area contributed by atoms with E-state index in [0.717, 1.165) is 18.0 Å². The van der Waals surface area contributed by atoms with Gasteiger partial charge in [0.1, 0.15) is 5.03 Å². The molecule has 2 N–H and O–H groups in total. The molecule has 0 saturated carbocycles. The number of aliphatic hydroxyl groups excluding tert-OH is 1. The fraction of sp³-hybridized carbons (Fsp3) is 0.615. The van der Waals surface area contributed by atoms with E-state index in [1.54, 1.807) is 11.8 Å². The maximum atomic E-state index is 8.91. The van der Waals surface area contributed by atoms with Gasteiger partial charge in [0.15, 0.2) is 0 Å². The molecule has 1 rings (SSSR count). The van der Waals surface area contributed by atoms with Crippen molar-refractivity contribution in [2.24, 2.45) is 0 Å². The lowest BCUT2D eigenvalue weighted by Gasteiger charge is -2.14. The number of thioether (sulfide) groups is 1. The van der Waals surface area contributed by atoms with E-state index in [9.17, 15) is 0 Å². The summed E-state index contributed by atoms with van der Waals surface area (Å²) < 4.78 is 0. The highest BCUT2D eigenvalue weighted by Crippen LogP contribution is 2.26. The van der Waals surface area contributed by atoms with Gasteiger partial charge in [0.05, 0.1) is 0 Å². The molecule has 1 atom stereocenters. The van der Waals surface area contributed by atoms with Gasteiger partial charge in [0.25, 0.3) is 0 Å². The molecule has 0 aromatic carbocycles. The number of hydrogen-bond donors (Lipinski definition) is 2. The molecular formula is C13H22N2OS. The number of hydrogen-bond acceptors (Lipinski definition) is 4. The second-order valence-electron chi connectivity index (χ2n) is 4.44. The second kappa shape index (κ2) is 7.69. The molecule has 1 aromatic heterocycles. The Bertz CT molecular complexity index is 331. The molecule has 0 spiro atoms. The van der Waals surface area contributed by atoms with Crippen LogP contribution in [0.4, 0.5) is 0 Å². The number of aliphatic hydroxyl groups is 1. The first-order valence-electron chi connectivity index (χ1n) is 6.08. The van der Waals surface area contributed by atoms with Crippen LogP contribution in [0.15, 0.2) is 23.4 Å². The van der Waals surface area contributed by atoms with Gasteiger partial charge < -0.3 is 10.4 Å². The van der Waals surface area contributed by atoms with Crippen molar-refractivity contribution in [3.8, 4) is 0 Å². The van der Waals surface area contributed by atoms with Crippen LogP contribution >= 0.6 is 11.8 Å². The molecule has 0 amide bonds. The molecular weight excluding hydrogens is 232 g/mol. The minimum Gasteiger partial charge on any atom is -0.396 e. The highest BCUT2D eigenvalue weighted by molar-refractivity contribution is 7.99. The number of aromatic nitrogens is 1. The molecule has 0 radical (unpaired) electrons. The zero-order valence-electron chi connectivity index (χ0n) is 10.8. The maximum absolute atomic E-state index is 8.91. The van der Waals surface area contributed by atoms with Crippen LogP contribution in [0.1, 0.15) is 32.8 Å². The summed E-state index contributed by atoms with van der Waals surface area (Å²) in [6, 6.07) is 4.55. The molecule has 3 nitrogen and oxygen atoms in total.